The molecule has 1 fully saturated rings. The smallest absolute Gasteiger partial charge is 0.308 e. The van der Waals surface area contributed by atoms with Crippen LogP contribution in [0.3, 0.4) is 0 Å². The van der Waals surface area contributed by atoms with Crippen LogP contribution in [0.1, 0.15) is 142 Å². The summed E-state index contributed by atoms with van der Waals surface area (Å²) >= 11 is 0. The zero-order valence-corrected chi connectivity index (χ0v) is 25.4. The van der Waals surface area contributed by atoms with E-state index in [1.165, 1.54) is 70.6 Å². The summed E-state index contributed by atoms with van der Waals surface area (Å²) in [4.78, 5) is 38.8. The van der Waals surface area contributed by atoms with E-state index in [4.69, 9.17) is 14.2 Å². The summed E-state index contributed by atoms with van der Waals surface area (Å²) in [6, 6.07) is 0. The Morgan fingerprint density at radius 2 is 1.13 bits per heavy atom. The van der Waals surface area contributed by atoms with E-state index < -0.39 is 0 Å². The van der Waals surface area contributed by atoms with Gasteiger partial charge in [-0.1, -0.05) is 84.5 Å². The fourth-order valence-corrected chi connectivity index (χ4v) is 5.04. The lowest BCUT2D eigenvalue weighted by Crippen LogP contribution is -2.32. The molecular weight excluding hydrogens is 494 g/mol. The minimum Gasteiger partial charge on any atom is -0.466 e. The van der Waals surface area contributed by atoms with Gasteiger partial charge < -0.3 is 19.1 Å². The van der Waals surface area contributed by atoms with E-state index in [0.29, 0.717) is 38.7 Å². The topological polar surface area (TPSA) is 82.1 Å². The first kappa shape index (κ1) is 35.4. The van der Waals surface area contributed by atoms with E-state index >= 15 is 0 Å². The summed E-state index contributed by atoms with van der Waals surface area (Å²) in [5, 5.41) is 0. The van der Waals surface area contributed by atoms with Gasteiger partial charge >= 0.3 is 17.9 Å². The predicted octanol–water partition coefficient (Wildman–Crippen LogP) is 7.39. The fourth-order valence-electron chi connectivity index (χ4n) is 5.04. The summed E-state index contributed by atoms with van der Waals surface area (Å²) in [5.74, 6) is -0.490. The van der Waals surface area contributed by atoms with Crippen molar-refractivity contribution in [1.82, 2.24) is 4.90 Å². The maximum atomic E-state index is 12.7. The third-order valence-corrected chi connectivity index (χ3v) is 7.56. The van der Waals surface area contributed by atoms with E-state index in [0.717, 1.165) is 45.3 Å². The fraction of sp³-hybridized carbons (Fsp3) is 0.906. The molecule has 0 bridgehead atoms. The summed E-state index contributed by atoms with van der Waals surface area (Å²) in [6.07, 6.45) is 20.2. The van der Waals surface area contributed by atoms with Crippen molar-refractivity contribution in [1.29, 1.82) is 0 Å². The predicted molar refractivity (Wildman–Crippen MR) is 156 cm³/mol. The number of rotatable bonds is 25. The lowest BCUT2D eigenvalue weighted by atomic mass is 9.94. The van der Waals surface area contributed by atoms with E-state index in [9.17, 15) is 14.4 Å². The summed E-state index contributed by atoms with van der Waals surface area (Å²) in [5.41, 5.74) is 0. The maximum Gasteiger partial charge on any atom is 0.308 e. The van der Waals surface area contributed by atoms with Crippen LogP contribution < -0.4 is 0 Å². The van der Waals surface area contributed by atoms with Crippen molar-refractivity contribution in [2.24, 2.45) is 5.92 Å². The van der Waals surface area contributed by atoms with Crippen LogP contribution in [0.4, 0.5) is 0 Å². The number of carbonyl (C=O) groups excluding carboxylic acids is 3. The number of nitrogens with zero attached hydrogens (tertiary/aromatic N) is 1. The quantitative estimate of drug-likeness (QED) is 0.0662. The van der Waals surface area contributed by atoms with E-state index in [1.807, 2.05) is 0 Å². The summed E-state index contributed by atoms with van der Waals surface area (Å²) in [7, 11) is 0. The Morgan fingerprint density at radius 3 is 1.77 bits per heavy atom. The Balaban J connectivity index is 2.07. The van der Waals surface area contributed by atoms with E-state index in [1.54, 1.807) is 0 Å². The lowest BCUT2D eigenvalue weighted by molar-refractivity contribution is -0.149. The van der Waals surface area contributed by atoms with Crippen LogP contribution in [0.25, 0.3) is 0 Å². The normalized spacial score (nSPS) is 14.6. The van der Waals surface area contributed by atoms with Gasteiger partial charge in [-0.15, -0.1) is 0 Å². The average molecular weight is 554 g/mol. The van der Waals surface area contributed by atoms with Gasteiger partial charge in [-0.2, -0.15) is 0 Å². The number of esters is 3. The van der Waals surface area contributed by atoms with Crippen LogP contribution in [-0.4, -0.2) is 62.3 Å². The molecule has 1 heterocycles. The van der Waals surface area contributed by atoms with Gasteiger partial charge in [0.1, 0.15) is 0 Å². The Hall–Kier alpha value is -1.63. The minimum atomic E-state index is -0.255. The number of likely N-dealkylation sites (tertiary alicyclic amines) is 1. The number of hydrogen-bond acceptors (Lipinski definition) is 7. The molecule has 0 radical (unpaired) electrons. The second-order valence-corrected chi connectivity index (χ2v) is 11.2. The molecular formula is C32H59NO6. The SMILES string of the molecule is CCCCCCCCC(CCCCCC)C(=O)OCCCCC(=O)OCCCOC(=O)CCN1CCCCC1. The van der Waals surface area contributed by atoms with E-state index in [2.05, 4.69) is 18.7 Å². The standard InChI is InChI=1S/C32H59NO6/c1-3-5-7-9-10-13-20-29(19-12-8-6-4-2)32(36)39-26-17-14-21-30(34)37-27-18-28-38-31(35)22-25-33-23-15-11-16-24-33/h29H,3-28H2,1-2H3. The molecule has 1 rings (SSSR count). The number of unbranched alkanes of at least 4 members (excludes halogenated alkanes) is 9. The van der Waals surface area contributed by atoms with Crippen LogP contribution >= 0.6 is 0 Å². The van der Waals surface area contributed by atoms with Crippen LogP contribution in [0, 0.1) is 5.92 Å². The van der Waals surface area contributed by atoms with Gasteiger partial charge in [-0.05, 0) is 51.6 Å². The first-order valence-electron chi connectivity index (χ1n) is 16.3. The lowest BCUT2D eigenvalue weighted by Gasteiger charge is -2.25. The third kappa shape index (κ3) is 20.9. The first-order valence-corrected chi connectivity index (χ1v) is 16.3. The Bertz CT molecular complexity index is 620. The molecule has 1 aliphatic heterocycles. The van der Waals surface area contributed by atoms with Crippen LogP contribution in [0.5, 0.6) is 0 Å². The molecule has 1 atom stereocenters. The monoisotopic (exact) mass is 553 g/mol. The van der Waals surface area contributed by atoms with Gasteiger partial charge in [0.25, 0.3) is 0 Å². The Kier molecular flexibility index (Phi) is 23.0. The van der Waals surface area contributed by atoms with Crippen molar-refractivity contribution in [3.63, 3.8) is 0 Å². The van der Waals surface area contributed by atoms with Crippen molar-refractivity contribution in [3.8, 4) is 0 Å². The molecule has 1 unspecified atom stereocenters. The molecule has 0 spiro atoms. The zero-order valence-electron chi connectivity index (χ0n) is 25.4. The molecule has 0 aliphatic carbocycles. The second kappa shape index (κ2) is 25.3. The molecule has 0 aromatic rings. The third-order valence-electron chi connectivity index (χ3n) is 7.56. The van der Waals surface area contributed by atoms with Crippen LogP contribution in [0.15, 0.2) is 0 Å². The van der Waals surface area contributed by atoms with E-state index in [-0.39, 0.29) is 37.0 Å². The average Bonchev–Trinajstić information content (AvgIpc) is 2.94. The summed E-state index contributed by atoms with van der Waals surface area (Å²) < 4.78 is 16.1. The van der Waals surface area contributed by atoms with Gasteiger partial charge in [0.2, 0.25) is 0 Å². The molecule has 1 saturated heterocycles. The minimum absolute atomic E-state index is 0.0110. The van der Waals surface area contributed by atoms with Crippen molar-refractivity contribution in [2.75, 3.05) is 39.5 Å². The molecule has 0 N–H and O–H groups in total. The molecule has 39 heavy (non-hydrogen) atoms. The molecule has 0 saturated carbocycles. The van der Waals surface area contributed by atoms with Crippen molar-refractivity contribution in [3.05, 3.63) is 0 Å². The zero-order chi connectivity index (χ0) is 28.4. The number of hydrogen-bond donors (Lipinski definition) is 0. The van der Waals surface area contributed by atoms with Crippen molar-refractivity contribution >= 4 is 17.9 Å². The van der Waals surface area contributed by atoms with Gasteiger partial charge in [-0.3, -0.25) is 14.4 Å². The first-order chi connectivity index (χ1) is 19.1. The van der Waals surface area contributed by atoms with Crippen molar-refractivity contribution < 1.29 is 28.6 Å². The highest BCUT2D eigenvalue weighted by atomic mass is 16.5. The second-order valence-electron chi connectivity index (χ2n) is 11.2. The Labute approximate surface area is 239 Å². The molecule has 0 aromatic heterocycles. The van der Waals surface area contributed by atoms with Gasteiger partial charge in [0.05, 0.1) is 32.2 Å². The Morgan fingerprint density at radius 1 is 0.590 bits per heavy atom. The molecule has 7 nitrogen and oxygen atoms in total. The highest BCUT2D eigenvalue weighted by Crippen LogP contribution is 2.20. The van der Waals surface area contributed by atoms with Crippen molar-refractivity contribution in [2.45, 2.75) is 142 Å². The molecule has 228 valence electrons. The summed E-state index contributed by atoms with van der Waals surface area (Å²) in [6.45, 7) is 8.24. The van der Waals surface area contributed by atoms with Crippen LogP contribution in [0.2, 0.25) is 0 Å². The largest absolute Gasteiger partial charge is 0.466 e. The van der Waals surface area contributed by atoms with Gasteiger partial charge in [-0.25, -0.2) is 0 Å². The maximum absolute atomic E-state index is 12.7. The van der Waals surface area contributed by atoms with Crippen LogP contribution in [-0.2, 0) is 28.6 Å². The van der Waals surface area contributed by atoms with Gasteiger partial charge in [0, 0.05) is 19.4 Å². The number of ether oxygens (including phenoxy) is 3. The molecule has 0 amide bonds. The molecule has 1 aliphatic rings. The van der Waals surface area contributed by atoms with Gasteiger partial charge in [0.15, 0.2) is 0 Å². The highest BCUT2D eigenvalue weighted by Gasteiger charge is 2.19. The number of piperidine rings is 1. The number of carbonyl (C=O) groups is 3. The molecule has 7 heteroatoms. The highest BCUT2D eigenvalue weighted by molar-refractivity contribution is 5.72. The molecule has 0 aromatic carbocycles.